The van der Waals surface area contributed by atoms with Gasteiger partial charge in [-0.2, -0.15) is 0 Å². The van der Waals surface area contributed by atoms with Crippen molar-refractivity contribution >= 4 is 29.1 Å². The average Bonchev–Trinajstić information content (AvgIpc) is 3.03. The number of carbonyl (C=O) groups is 2. The summed E-state index contributed by atoms with van der Waals surface area (Å²) in [4.78, 5) is 27.4. The van der Waals surface area contributed by atoms with Gasteiger partial charge in [0.2, 0.25) is 0 Å². The van der Waals surface area contributed by atoms with Crippen LogP contribution < -0.4 is 9.47 Å². The van der Waals surface area contributed by atoms with E-state index in [4.69, 9.17) is 25.8 Å². The maximum absolute atomic E-state index is 13.0. The molecule has 0 aromatic heterocycles. The molecular formula is C23H24ClNO6. The highest BCUT2D eigenvalue weighted by molar-refractivity contribution is 6.46. The monoisotopic (exact) mass is 445 g/mol. The third-order valence-electron chi connectivity index (χ3n) is 5.11. The zero-order valence-corrected chi connectivity index (χ0v) is 18.3. The summed E-state index contributed by atoms with van der Waals surface area (Å²) in [5, 5.41) is 11.5. The summed E-state index contributed by atoms with van der Waals surface area (Å²) in [5.74, 6) is -0.944. The Morgan fingerprint density at radius 3 is 2.48 bits per heavy atom. The van der Waals surface area contributed by atoms with E-state index in [1.54, 1.807) is 43.5 Å². The molecular weight excluding hydrogens is 422 g/mol. The lowest BCUT2D eigenvalue weighted by Gasteiger charge is -2.27. The Balaban J connectivity index is 2.22. The predicted molar refractivity (Wildman–Crippen MR) is 117 cm³/mol. The smallest absolute Gasteiger partial charge is 0.295 e. The highest BCUT2D eigenvalue weighted by Gasteiger charge is 2.47. The molecule has 1 fully saturated rings. The molecule has 1 heterocycles. The summed E-state index contributed by atoms with van der Waals surface area (Å²) < 4.78 is 16.0. The van der Waals surface area contributed by atoms with Gasteiger partial charge in [0.1, 0.15) is 5.76 Å². The van der Waals surface area contributed by atoms with E-state index < -0.39 is 17.7 Å². The Morgan fingerprint density at radius 2 is 1.84 bits per heavy atom. The Morgan fingerprint density at radius 1 is 1.10 bits per heavy atom. The first kappa shape index (κ1) is 22.7. The molecule has 8 heteroatoms. The topological polar surface area (TPSA) is 85.3 Å². The van der Waals surface area contributed by atoms with Crippen LogP contribution in [0.5, 0.6) is 11.5 Å². The molecule has 2 aromatic carbocycles. The summed E-state index contributed by atoms with van der Waals surface area (Å²) in [7, 11) is 4.55. The van der Waals surface area contributed by atoms with Crippen LogP contribution >= 0.6 is 11.6 Å². The number of benzene rings is 2. The Bertz CT molecular complexity index is 1020. The summed E-state index contributed by atoms with van der Waals surface area (Å²) in [6.07, 6.45) is 0.517. The molecule has 0 saturated carbocycles. The first-order valence-electron chi connectivity index (χ1n) is 9.68. The number of hydrogen-bond acceptors (Lipinski definition) is 6. The van der Waals surface area contributed by atoms with Gasteiger partial charge in [0.15, 0.2) is 11.5 Å². The number of nitrogens with zero attached hydrogens (tertiary/aromatic N) is 1. The maximum Gasteiger partial charge on any atom is 0.295 e. The molecule has 1 amide bonds. The van der Waals surface area contributed by atoms with Gasteiger partial charge in [-0.1, -0.05) is 35.9 Å². The van der Waals surface area contributed by atoms with Gasteiger partial charge < -0.3 is 24.2 Å². The Hall–Kier alpha value is -3.03. The van der Waals surface area contributed by atoms with Crippen molar-refractivity contribution in [3.05, 3.63) is 64.2 Å². The van der Waals surface area contributed by atoms with Crippen molar-refractivity contribution in [2.75, 3.05) is 34.5 Å². The number of halogens is 1. The molecule has 1 aliphatic rings. The van der Waals surface area contributed by atoms with Crippen molar-refractivity contribution in [1.82, 2.24) is 4.90 Å². The van der Waals surface area contributed by atoms with Gasteiger partial charge in [-0.3, -0.25) is 9.59 Å². The lowest BCUT2D eigenvalue weighted by Crippen LogP contribution is -2.31. The Labute approximate surface area is 185 Å². The molecule has 164 valence electrons. The number of Topliss-reactive ketones (excluding diaryl/α,β-unsaturated/α-hetero) is 1. The predicted octanol–water partition coefficient (Wildman–Crippen LogP) is 3.82. The number of aliphatic hydroxyl groups is 1. The Kier molecular flexibility index (Phi) is 7.20. The van der Waals surface area contributed by atoms with Crippen molar-refractivity contribution in [1.29, 1.82) is 0 Å². The van der Waals surface area contributed by atoms with E-state index >= 15 is 0 Å². The van der Waals surface area contributed by atoms with Crippen LogP contribution in [0.1, 0.15) is 23.6 Å². The van der Waals surface area contributed by atoms with E-state index in [2.05, 4.69) is 0 Å². The number of carbonyl (C=O) groups excluding carboxylic acids is 2. The van der Waals surface area contributed by atoms with E-state index in [0.717, 1.165) is 0 Å². The summed E-state index contributed by atoms with van der Waals surface area (Å²) in [5.41, 5.74) is 0.840. The number of ether oxygens (including phenoxy) is 3. The van der Waals surface area contributed by atoms with E-state index in [9.17, 15) is 14.7 Å². The fraction of sp³-hybridized carbons (Fsp3) is 0.304. The highest BCUT2D eigenvalue weighted by Crippen LogP contribution is 2.45. The van der Waals surface area contributed by atoms with E-state index in [0.29, 0.717) is 40.7 Å². The van der Waals surface area contributed by atoms with Gasteiger partial charge in [-0.25, -0.2) is 0 Å². The van der Waals surface area contributed by atoms with Gasteiger partial charge >= 0.3 is 0 Å². The standard InChI is InChI=1S/C23H24ClNO6/c1-29-12-6-11-25-19(16-9-5-10-17(30-2)22(16)31-3)18(21(27)23(25)28)20(26)14-7-4-8-15(24)13-14/h4-5,7-10,13,19,26H,6,11-12H2,1-3H3/b20-18+. The van der Waals surface area contributed by atoms with Crippen molar-refractivity contribution in [2.24, 2.45) is 0 Å². The molecule has 1 unspecified atom stereocenters. The molecule has 2 aromatic rings. The lowest BCUT2D eigenvalue weighted by atomic mass is 9.94. The fourth-order valence-electron chi connectivity index (χ4n) is 3.73. The minimum atomic E-state index is -0.860. The van der Waals surface area contributed by atoms with Gasteiger partial charge in [0.05, 0.1) is 25.8 Å². The first-order valence-corrected chi connectivity index (χ1v) is 10.1. The molecule has 1 saturated heterocycles. The second kappa shape index (κ2) is 9.85. The molecule has 7 nitrogen and oxygen atoms in total. The lowest BCUT2D eigenvalue weighted by molar-refractivity contribution is -0.140. The molecule has 0 bridgehead atoms. The number of amides is 1. The van der Waals surface area contributed by atoms with Crippen LogP contribution in [0.2, 0.25) is 5.02 Å². The number of para-hydroxylation sites is 1. The normalized spacial score (nSPS) is 17.8. The van der Waals surface area contributed by atoms with Gasteiger partial charge in [-0.05, 0) is 24.6 Å². The van der Waals surface area contributed by atoms with Gasteiger partial charge in [-0.15, -0.1) is 0 Å². The van der Waals surface area contributed by atoms with E-state index in [1.807, 2.05) is 0 Å². The molecule has 0 spiro atoms. The quantitative estimate of drug-likeness (QED) is 0.288. The molecule has 31 heavy (non-hydrogen) atoms. The zero-order valence-electron chi connectivity index (χ0n) is 17.6. The van der Waals surface area contributed by atoms with E-state index in [1.165, 1.54) is 25.2 Å². The molecule has 3 rings (SSSR count). The second-order valence-electron chi connectivity index (χ2n) is 6.93. The fourth-order valence-corrected chi connectivity index (χ4v) is 3.92. The minimum absolute atomic E-state index is 0.0313. The SMILES string of the molecule is COCCCN1C(=O)C(=O)/C(=C(/O)c2cccc(Cl)c2)C1c1cccc(OC)c1OC. The highest BCUT2D eigenvalue weighted by atomic mass is 35.5. The van der Waals surface area contributed by atoms with E-state index in [-0.39, 0.29) is 17.9 Å². The van der Waals surface area contributed by atoms with Crippen LogP contribution in [0.15, 0.2) is 48.0 Å². The minimum Gasteiger partial charge on any atom is -0.507 e. The van der Waals surface area contributed by atoms with Crippen LogP contribution in [-0.2, 0) is 14.3 Å². The van der Waals surface area contributed by atoms with Gasteiger partial charge in [0, 0.05) is 36.4 Å². The molecule has 0 aliphatic carbocycles. The summed E-state index contributed by atoms with van der Waals surface area (Å²) >= 11 is 6.07. The molecule has 0 radical (unpaired) electrons. The van der Waals surface area contributed by atoms with Crippen molar-refractivity contribution in [2.45, 2.75) is 12.5 Å². The summed E-state index contributed by atoms with van der Waals surface area (Å²) in [6, 6.07) is 10.8. The number of rotatable bonds is 8. The first-order chi connectivity index (χ1) is 14.9. The molecule has 1 N–H and O–H groups in total. The second-order valence-corrected chi connectivity index (χ2v) is 7.37. The number of hydrogen-bond donors (Lipinski definition) is 1. The van der Waals surface area contributed by atoms with Crippen LogP contribution in [0.25, 0.3) is 5.76 Å². The van der Waals surface area contributed by atoms with Crippen LogP contribution in [-0.4, -0.2) is 56.2 Å². The van der Waals surface area contributed by atoms with Crippen molar-refractivity contribution in [3.8, 4) is 11.5 Å². The van der Waals surface area contributed by atoms with Crippen molar-refractivity contribution in [3.63, 3.8) is 0 Å². The third kappa shape index (κ3) is 4.38. The third-order valence-corrected chi connectivity index (χ3v) is 5.35. The largest absolute Gasteiger partial charge is 0.507 e. The summed E-state index contributed by atoms with van der Waals surface area (Å²) in [6.45, 7) is 0.676. The number of methoxy groups -OCH3 is 3. The molecule has 1 atom stereocenters. The van der Waals surface area contributed by atoms with Crippen LogP contribution in [0, 0.1) is 0 Å². The zero-order chi connectivity index (χ0) is 22.5. The van der Waals surface area contributed by atoms with Crippen LogP contribution in [0.3, 0.4) is 0 Å². The molecule has 1 aliphatic heterocycles. The maximum atomic E-state index is 13.0. The van der Waals surface area contributed by atoms with Crippen molar-refractivity contribution < 1.29 is 28.9 Å². The average molecular weight is 446 g/mol. The number of ketones is 1. The number of likely N-dealkylation sites (tertiary alicyclic amines) is 1. The number of aliphatic hydroxyl groups excluding tert-OH is 1. The van der Waals surface area contributed by atoms with Crippen LogP contribution in [0.4, 0.5) is 0 Å². The van der Waals surface area contributed by atoms with Gasteiger partial charge in [0.25, 0.3) is 11.7 Å².